The van der Waals surface area contributed by atoms with Crippen LogP contribution in [0, 0.1) is 5.92 Å². The Balaban J connectivity index is 2.20. The maximum Gasteiger partial charge on any atom is 0.243 e. The largest absolute Gasteiger partial charge is 0.497 e. The Morgan fingerprint density at radius 3 is 2.47 bits per heavy atom. The first kappa shape index (κ1) is 14.3. The number of hydrogen-bond acceptors (Lipinski definition) is 3. The normalized spacial score (nSPS) is 21.9. The third-order valence-electron chi connectivity index (χ3n) is 3.67. The molecule has 1 heterocycles. The van der Waals surface area contributed by atoms with E-state index in [0.29, 0.717) is 29.7 Å². The Hall–Kier alpha value is -1.07. The molecule has 2 rings (SSSR count). The predicted octanol–water partition coefficient (Wildman–Crippen LogP) is 2.51. The van der Waals surface area contributed by atoms with E-state index in [2.05, 4.69) is 6.92 Å². The second-order valence-electron chi connectivity index (χ2n) is 5.12. The highest BCUT2D eigenvalue weighted by Gasteiger charge is 2.26. The molecule has 0 bridgehead atoms. The van der Waals surface area contributed by atoms with Gasteiger partial charge in [0.25, 0.3) is 0 Å². The van der Waals surface area contributed by atoms with Crippen molar-refractivity contribution in [3.05, 3.63) is 24.3 Å². The van der Waals surface area contributed by atoms with Gasteiger partial charge in [-0.1, -0.05) is 6.92 Å². The molecule has 0 radical (unpaired) electrons. The lowest BCUT2D eigenvalue weighted by Gasteiger charge is -2.20. The van der Waals surface area contributed by atoms with Crippen LogP contribution in [0.4, 0.5) is 0 Å². The summed E-state index contributed by atoms with van der Waals surface area (Å²) < 4.78 is 31.7. The van der Waals surface area contributed by atoms with Gasteiger partial charge in [0.2, 0.25) is 10.0 Å². The van der Waals surface area contributed by atoms with Crippen molar-refractivity contribution in [2.75, 3.05) is 20.2 Å². The maximum absolute atomic E-state index is 12.5. The molecule has 1 atom stereocenters. The van der Waals surface area contributed by atoms with Gasteiger partial charge >= 0.3 is 0 Å². The molecule has 106 valence electrons. The average Bonchev–Trinajstić information content (AvgIpc) is 2.64. The zero-order valence-corrected chi connectivity index (χ0v) is 12.3. The minimum absolute atomic E-state index is 0.350. The second-order valence-corrected chi connectivity index (χ2v) is 7.05. The van der Waals surface area contributed by atoms with E-state index in [-0.39, 0.29) is 0 Å². The molecule has 0 aromatic heterocycles. The van der Waals surface area contributed by atoms with Crippen molar-refractivity contribution in [2.45, 2.75) is 31.1 Å². The van der Waals surface area contributed by atoms with E-state index >= 15 is 0 Å². The second kappa shape index (κ2) is 5.92. The minimum Gasteiger partial charge on any atom is -0.497 e. The molecule has 1 unspecified atom stereocenters. The Kier molecular flexibility index (Phi) is 4.47. The van der Waals surface area contributed by atoms with Crippen LogP contribution in [0.3, 0.4) is 0 Å². The number of sulfonamides is 1. The Bertz CT molecular complexity index is 510. The molecule has 19 heavy (non-hydrogen) atoms. The lowest BCUT2D eigenvalue weighted by atomic mass is 10.0. The van der Waals surface area contributed by atoms with Crippen LogP contribution in [0.5, 0.6) is 5.75 Å². The van der Waals surface area contributed by atoms with Crippen LogP contribution in [-0.4, -0.2) is 32.9 Å². The van der Waals surface area contributed by atoms with Gasteiger partial charge in [0.05, 0.1) is 12.0 Å². The summed E-state index contributed by atoms with van der Waals surface area (Å²) in [6.45, 7) is 3.43. The SMILES string of the molecule is COc1ccc(S(=O)(=O)N2CCCC(C)CC2)cc1. The Morgan fingerprint density at radius 2 is 1.84 bits per heavy atom. The zero-order valence-electron chi connectivity index (χ0n) is 11.5. The summed E-state index contributed by atoms with van der Waals surface area (Å²) in [6, 6.07) is 6.60. The molecular formula is C14H21NO3S. The van der Waals surface area contributed by atoms with E-state index in [1.165, 1.54) is 0 Å². The van der Waals surface area contributed by atoms with Gasteiger partial charge in [-0.25, -0.2) is 8.42 Å². The third-order valence-corrected chi connectivity index (χ3v) is 5.59. The van der Waals surface area contributed by atoms with Crippen molar-refractivity contribution in [1.29, 1.82) is 0 Å². The van der Waals surface area contributed by atoms with E-state index in [9.17, 15) is 8.42 Å². The molecule has 1 aliphatic rings. The number of methoxy groups -OCH3 is 1. The fourth-order valence-corrected chi connectivity index (χ4v) is 3.87. The Labute approximate surface area is 115 Å². The molecule has 0 aliphatic carbocycles. The maximum atomic E-state index is 12.5. The Morgan fingerprint density at radius 1 is 1.16 bits per heavy atom. The highest BCUT2D eigenvalue weighted by molar-refractivity contribution is 7.89. The first-order chi connectivity index (χ1) is 9.04. The number of rotatable bonds is 3. The highest BCUT2D eigenvalue weighted by Crippen LogP contribution is 2.24. The van der Waals surface area contributed by atoms with Crippen LogP contribution in [-0.2, 0) is 10.0 Å². The van der Waals surface area contributed by atoms with Crippen molar-refractivity contribution < 1.29 is 13.2 Å². The van der Waals surface area contributed by atoms with E-state index in [1.807, 2.05) is 0 Å². The summed E-state index contributed by atoms with van der Waals surface area (Å²) in [5.41, 5.74) is 0. The molecule has 5 heteroatoms. The molecule has 4 nitrogen and oxygen atoms in total. The van der Waals surface area contributed by atoms with Crippen molar-refractivity contribution in [2.24, 2.45) is 5.92 Å². The lowest BCUT2D eigenvalue weighted by Crippen LogP contribution is -2.32. The average molecular weight is 283 g/mol. The van der Waals surface area contributed by atoms with Crippen LogP contribution in [0.15, 0.2) is 29.2 Å². The predicted molar refractivity (Wildman–Crippen MR) is 74.8 cm³/mol. The van der Waals surface area contributed by atoms with Crippen LogP contribution >= 0.6 is 0 Å². The van der Waals surface area contributed by atoms with E-state index < -0.39 is 10.0 Å². The summed E-state index contributed by atoms with van der Waals surface area (Å²) in [6.07, 6.45) is 2.99. The van der Waals surface area contributed by atoms with Gasteiger partial charge < -0.3 is 4.74 Å². The molecule has 0 saturated carbocycles. The molecule has 1 aromatic rings. The monoisotopic (exact) mass is 283 g/mol. The number of ether oxygens (including phenoxy) is 1. The first-order valence-electron chi connectivity index (χ1n) is 6.68. The summed E-state index contributed by atoms with van der Waals surface area (Å²) in [4.78, 5) is 0.350. The highest BCUT2D eigenvalue weighted by atomic mass is 32.2. The third kappa shape index (κ3) is 3.28. The summed E-state index contributed by atoms with van der Waals surface area (Å²) in [7, 11) is -1.79. The summed E-state index contributed by atoms with van der Waals surface area (Å²) in [5.74, 6) is 1.28. The van der Waals surface area contributed by atoms with Crippen molar-refractivity contribution in [3.63, 3.8) is 0 Å². The van der Waals surface area contributed by atoms with Gasteiger partial charge in [-0.05, 0) is 49.4 Å². The van der Waals surface area contributed by atoms with Crippen molar-refractivity contribution in [3.8, 4) is 5.75 Å². The number of benzene rings is 1. The van der Waals surface area contributed by atoms with Crippen molar-refractivity contribution >= 4 is 10.0 Å². The molecule has 1 aliphatic heterocycles. The van der Waals surface area contributed by atoms with Gasteiger partial charge in [-0.3, -0.25) is 0 Å². The standard InChI is InChI=1S/C14H21NO3S/c1-12-4-3-10-15(11-9-12)19(16,17)14-7-5-13(18-2)6-8-14/h5-8,12H,3-4,9-11H2,1-2H3. The van der Waals surface area contributed by atoms with Gasteiger partial charge in [0, 0.05) is 13.1 Å². The minimum atomic E-state index is -3.36. The van der Waals surface area contributed by atoms with Gasteiger partial charge in [0.15, 0.2) is 0 Å². The topological polar surface area (TPSA) is 46.6 Å². The van der Waals surface area contributed by atoms with Crippen LogP contribution in [0.2, 0.25) is 0 Å². The smallest absolute Gasteiger partial charge is 0.243 e. The fraction of sp³-hybridized carbons (Fsp3) is 0.571. The van der Waals surface area contributed by atoms with E-state index in [0.717, 1.165) is 19.3 Å². The fourth-order valence-electron chi connectivity index (χ4n) is 2.37. The van der Waals surface area contributed by atoms with Gasteiger partial charge in [-0.2, -0.15) is 4.31 Å². The molecule has 0 N–H and O–H groups in total. The first-order valence-corrected chi connectivity index (χ1v) is 8.12. The van der Waals surface area contributed by atoms with Gasteiger partial charge in [-0.15, -0.1) is 0 Å². The summed E-state index contributed by atoms with van der Waals surface area (Å²) >= 11 is 0. The van der Waals surface area contributed by atoms with Crippen LogP contribution in [0.25, 0.3) is 0 Å². The zero-order chi connectivity index (χ0) is 13.9. The van der Waals surface area contributed by atoms with Crippen LogP contribution < -0.4 is 4.74 Å². The quantitative estimate of drug-likeness (QED) is 0.856. The van der Waals surface area contributed by atoms with E-state index in [1.54, 1.807) is 35.7 Å². The molecule has 1 saturated heterocycles. The molecule has 1 aromatic carbocycles. The lowest BCUT2D eigenvalue weighted by molar-refractivity contribution is 0.412. The molecule has 1 fully saturated rings. The molecule has 0 spiro atoms. The van der Waals surface area contributed by atoms with E-state index in [4.69, 9.17) is 4.74 Å². The summed E-state index contributed by atoms with van der Waals surface area (Å²) in [5, 5.41) is 0. The van der Waals surface area contributed by atoms with Crippen molar-refractivity contribution in [1.82, 2.24) is 4.31 Å². The number of hydrogen-bond donors (Lipinski definition) is 0. The molecular weight excluding hydrogens is 262 g/mol. The molecule has 0 amide bonds. The van der Waals surface area contributed by atoms with Crippen LogP contribution in [0.1, 0.15) is 26.2 Å². The van der Waals surface area contributed by atoms with Gasteiger partial charge in [0.1, 0.15) is 5.75 Å². The number of nitrogens with zero attached hydrogens (tertiary/aromatic N) is 1.